The van der Waals surface area contributed by atoms with Crippen LogP contribution >= 0.6 is 0 Å². The van der Waals surface area contributed by atoms with Gasteiger partial charge in [-0.2, -0.15) is 0 Å². The van der Waals surface area contributed by atoms with Gasteiger partial charge in [-0.15, -0.1) is 0 Å². The molecule has 1 atom stereocenters. The molecule has 6 heteroatoms. The predicted molar refractivity (Wildman–Crippen MR) is 90.6 cm³/mol. The lowest BCUT2D eigenvalue weighted by atomic mass is 10.0. The first-order valence-electron chi connectivity index (χ1n) is 7.87. The van der Waals surface area contributed by atoms with E-state index in [4.69, 9.17) is 4.74 Å². The van der Waals surface area contributed by atoms with E-state index in [1.807, 2.05) is 30.3 Å². The predicted octanol–water partition coefficient (Wildman–Crippen LogP) is 2.37. The minimum Gasteiger partial charge on any atom is -0.465 e. The van der Waals surface area contributed by atoms with Crippen molar-refractivity contribution in [2.45, 2.75) is 25.7 Å². The van der Waals surface area contributed by atoms with E-state index >= 15 is 0 Å². The molecule has 1 amide bonds. The molecule has 25 heavy (non-hydrogen) atoms. The van der Waals surface area contributed by atoms with Gasteiger partial charge in [0.25, 0.3) is 0 Å². The van der Waals surface area contributed by atoms with Gasteiger partial charge in [0.05, 0.1) is 7.11 Å². The van der Waals surface area contributed by atoms with E-state index in [1.54, 1.807) is 0 Å². The molecule has 0 aliphatic heterocycles. The molecular weight excluding hydrogens is 322 g/mol. The van der Waals surface area contributed by atoms with Crippen LogP contribution in [0.3, 0.4) is 0 Å². The zero-order valence-electron chi connectivity index (χ0n) is 14.0. The van der Waals surface area contributed by atoms with Crippen LogP contribution in [-0.4, -0.2) is 30.0 Å². The molecule has 3 rings (SSSR count). The molecule has 130 valence electrons. The van der Waals surface area contributed by atoms with E-state index in [1.165, 1.54) is 11.1 Å². The maximum Gasteiger partial charge on any atom is 0.410 e. The molecule has 2 N–H and O–H groups in total. The Morgan fingerprint density at radius 1 is 1.16 bits per heavy atom. The highest BCUT2D eigenvalue weighted by Gasteiger charge is 2.34. The van der Waals surface area contributed by atoms with Gasteiger partial charge in [-0.05, 0) is 41.2 Å². The summed E-state index contributed by atoms with van der Waals surface area (Å²) in [6.07, 6.45) is -0.115. The van der Waals surface area contributed by atoms with Gasteiger partial charge in [0.1, 0.15) is 6.61 Å². The summed E-state index contributed by atoms with van der Waals surface area (Å²) in [6.45, 7) is 1.16. The smallest absolute Gasteiger partial charge is 0.410 e. The summed E-state index contributed by atoms with van der Waals surface area (Å²) in [5.74, 6) is -0.972. The average Bonchev–Trinajstić information content (AvgIpc) is 2.98. The van der Waals surface area contributed by atoms with Crippen LogP contribution in [0.25, 0.3) is 11.1 Å². The second kappa shape index (κ2) is 6.57. The van der Waals surface area contributed by atoms with Crippen LogP contribution in [0.5, 0.6) is 0 Å². The molecule has 0 spiro atoms. The Labute approximate surface area is 145 Å². The molecule has 2 aromatic rings. The Kier molecular flexibility index (Phi) is 4.46. The number of rotatable bonds is 4. The maximum atomic E-state index is 11.9. The zero-order valence-corrected chi connectivity index (χ0v) is 14.0. The standard InChI is InChI=1S/C19H19NO5/c1-19(23,17(21)24-2)20-18(22)25-11-13-7-5-9-15-14-8-4-3-6-12(14)10-16(13)15/h3-9,23H,10-11H2,1-2H3,(H,20,22)/t19-/m0/s1. The number of hydrogen-bond donors (Lipinski definition) is 2. The molecule has 0 bridgehead atoms. The highest BCUT2D eigenvalue weighted by molar-refractivity contribution is 5.83. The molecule has 6 nitrogen and oxygen atoms in total. The number of benzene rings is 2. The average molecular weight is 341 g/mol. The largest absolute Gasteiger partial charge is 0.465 e. The molecule has 0 saturated heterocycles. The highest BCUT2D eigenvalue weighted by Crippen LogP contribution is 2.38. The summed E-state index contributed by atoms with van der Waals surface area (Å²) < 4.78 is 9.58. The number of methoxy groups -OCH3 is 1. The summed E-state index contributed by atoms with van der Waals surface area (Å²) in [5, 5.41) is 11.9. The third-order valence-electron chi connectivity index (χ3n) is 4.23. The van der Waals surface area contributed by atoms with Crippen molar-refractivity contribution in [3.05, 3.63) is 59.2 Å². The second-order valence-electron chi connectivity index (χ2n) is 6.04. The Hall–Kier alpha value is -2.86. The fraction of sp³-hybridized carbons (Fsp3) is 0.263. The fourth-order valence-corrected chi connectivity index (χ4v) is 2.99. The first-order valence-corrected chi connectivity index (χ1v) is 7.87. The lowest BCUT2D eigenvalue weighted by molar-refractivity contribution is -0.163. The van der Waals surface area contributed by atoms with E-state index in [0.717, 1.165) is 37.1 Å². The first-order chi connectivity index (χ1) is 11.9. The Morgan fingerprint density at radius 3 is 2.64 bits per heavy atom. The van der Waals surface area contributed by atoms with Crippen LogP contribution < -0.4 is 5.32 Å². The molecular formula is C19H19NO5. The fourth-order valence-electron chi connectivity index (χ4n) is 2.99. The number of nitrogens with one attached hydrogen (secondary N) is 1. The Balaban J connectivity index is 1.70. The minimum atomic E-state index is -2.14. The van der Waals surface area contributed by atoms with E-state index in [0.29, 0.717) is 0 Å². The molecule has 0 aromatic heterocycles. The van der Waals surface area contributed by atoms with Crippen LogP contribution in [0.15, 0.2) is 42.5 Å². The van der Waals surface area contributed by atoms with E-state index in [-0.39, 0.29) is 6.61 Å². The van der Waals surface area contributed by atoms with Crippen molar-refractivity contribution in [3.8, 4) is 11.1 Å². The van der Waals surface area contributed by atoms with Crippen molar-refractivity contribution in [1.29, 1.82) is 0 Å². The molecule has 0 unspecified atom stereocenters. The molecule has 0 radical (unpaired) electrons. The summed E-state index contributed by atoms with van der Waals surface area (Å²) in [6, 6.07) is 14.0. The second-order valence-corrected chi connectivity index (χ2v) is 6.04. The maximum absolute atomic E-state index is 11.9. The monoisotopic (exact) mass is 341 g/mol. The van der Waals surface area contributed by atoms with E-state index < -0.39 is 17.8 Å². The molecule has 0 heterocycles. The van der Waals surface area contributed by atoms with Crippen LogP contribution in [-0.2, 0) is 27.3 Å². The van der Waals surface area contributed by atoms with Crippen LogP contribution in [0.1, 0.15) is 23.6 Å². The number of ether oxygens (including phenoxy) is 2. The number of hydrogen-bond acceptors (Lipinski definition) is 5. The molecule has 0 fully saturated rings. The summed E-state index contributed by atoms with van der Waals surface area (Å²) in [5.41, 5.74) is 3.44. The van der Waals surface area contributed by atoms with Gasteiger partial charge in [0, 0.05) is 0 Å². The molecule has 0 saturated carbocycles. The van der Waals surface area contributed by atoms with Gasteiger partial charge in [0.15, 0.2) is 0 Å². The minimum absolute atomic E-state index is 0.0419. The van der Waals surface area contributed by atoms with Crippen LogP contribution in [0.4, 0.5) is 4.79 Å². The summed E-state index contributed by atoms with van der Waals surface area (Å²) >= 11 is 0. The number of aliphatic hydroxyl groups is 1. The third kappa shape index (κ3) is 3.34. The van der Waals surface area contributed by atoms with Gasteiger partial charge in [-0.25, -0.2) is 9.59 Å². The SMILES string of the molecule is COC(=O)[C@](C)(O)NC(=O)OCc1cccc2c1Cc1ccccc1-2. The van der Waals surface area contributed by atoms with Crippen LogP contribution in [0, 0.1) is 0 Å². The van der Waals surface area contributed by atoms with E-state index in [2.05, 4.69) is 22.2 Å². The van der Waals surface area contributed by atoms with Crippen molar-refractivity contribution in [3.63, 3.8) is 0 Å². The zero-order chi connectivity index (χ0) is 18.0. The van der Waals surface area contributed by atoms with Gasteiger partial charge < -0.3 is 14.6 Å². The molecule has 1 aliphatic carbocycles. The van der Waals surface area contributed by atoms with Crippen molar-refractivity contribution < 1.29 is 24.2 Å². The van der Waals surface area contributed by atoms with Gasteiger partial charge >= 0.3 is 12.1 Å². The number of carbonyl (C=O) groups excluding carboxylic acids is 2. The number of fused-ring (bicyclic) bond motifs is 3. The quantitative estimate of drug-likeness (QED) is 0.562. The normalized spacial score (nSPS) is 14.0. The highest BCUT2D eigenvalue weighted by atomic mass is 16.6. The molecule has 2 aromatic carbocycles. The van der Waals surface area contributed by atoms with Gasteiger partial charge in [-0.1, -0.05) is 42.5 Å². The van der Waals surface area contributed by atoms with Crippen LogP contribution in [0.2, 0.25) is 0 Å². The van der Waals surface area contributed by atoms with Crippen molar-refractivity contribution in [2.24, 2.45) is 0 Å². The topological polar surface area (TPSA) is 84.9 Å². The van der Waals surface area contributed by atoms with Crippen molar-refractivity contribution in [1.82, 2.24) is 5.32 Å². The first kappa shape index (κ1) is 17.0. The lowest BCUT2D eigenvalue weighted by Crippen LogP contribution is -2.52. The Morgan fingerprint density at radius 2 is 1.88 bits per heavy atom. The number of alkyl carbamates (subject to hydrolysis) is 1. The summed E-state index contributed by atoms with van der Waals surface area (Å²) in [4.78, 5) is 23.2. The Bertz CT molecular complexity index is 828. The lowest BCUT2D eigenvalue weighted by Gasteiger charge is -2.21. The summed E-state index contributed by atoms with van der Waals surface area (Å²) in [7, 11) is 1.12. The number of esters is 1. The number of carbonyl (C=O) groups is 2. The van der Waals surface area contributed by atoms with Gasteiger partial charge in [0.2, 0.25) is 5.72 Å². The van der Waals surface area contributed by atoms with Crippen molar-refractivity contribution in [2.75, 3.05) is 7.11 Å². The molecule has 1 aliphatic rings. The number of amides is 1. The van der Waals surface area contributed by atoms with Crippen molar-refractivity contribution >= 4 is 12.1 Å². The third-order valence-corrected chi connectivity index (χ3v) is 4.23. The van der Waals surface area contributed by atoms with Gasteiger partial charge in [-0.3, -0.25) is 5.32 Å². The van der Waals surface area contributed by atoms with E-state index in [9.17, 15) is 14.7 Å².